The second-order valence-corrected chi connectivity index (χ2v) is 10.8. The Balaban J connectivity index is 1.43. The lowest BCUT2D eigenvalue weighted by Gasteiger charge is -2.26. The van der Waals surface area contributed by atoms with Crippen molar-refractivity contribution in [2.75, 3.05) is 44.7 Å². The van der Waals surface area contributed by atoms with Crippen molar-refractivity contribution < 1.29 is 9.59 Å². The van der Waals surface area contributed by atoms with Crippen LogP contribution in [0.15, 0.2) is 60.7 Å². The van der Waals surface area contributed by atoms with Crippen molar-refractivity contribution in [3.63, 3.8) is 0 Å². The number of likely N-dealkylation sites (N-methyl/N-ethyl adjacent to an activating group) is 1. The number of nitrogens with two attached hydrogens (primary N) is 1. The largest absolute Gasteiger partial charge is 0.367 e. The molecule has 1 unspecified atom stereocenters. The first-order valence-corrected chi connectivity index (χ1v) is 13.7. The number of hydrogen-bond donors (Lipinski definition) is 2. The molecule has 0 aromatic heterocycles. The van der Waals surface area contributed by atoms with Crippen LogP contribution in [0.4, 0.5) is 5.69 Å². The van der Waals surface area contributed by atoms with Crippen molar-refractivity contribution >= 4 is 52.2 Å². The molecule has 3 aromatic carbocycles. The summed E-state index contributed by atoms with van der Waals surface area (Å²) in [6.45, 7) is 3.46. The minimum absolute atomic E-state index is 0.00204. The van der Waals surface area contributed by atoms with Crippen molar-refractivity contribution in [1.82, 2.24) is 10.2 Å². The van der Waals surface area contributed by atoms with Crippen molar-refractivity contribution in [2.45, 2.75) is 18.9 Å². The number of hydrogen-bond acceptors (Lipinski definition) is 5. The molecular weight excluding hydrogens is 543 g/mol. The monoisotopic (exact) mass is 572 g/mol. The van der Waals surface area contributed by atoms with Gasteiger partial charge in [-0.05, 0) is 73.0 Å². The van der Waals surface area contributed by atoms with E-state index in [-0.39, 0.29) is 24.9 Å². The van der Waals surface area contributed by atoms with Gasteiger partial charge in [0, 0.05) is 25.3 Å². The molecule has 200 valence electrons. The van der Waals surface area contributed by atoms with E-state index in [0.29, 0.717) is 20.6 Å². The summed E-state index contributed by atoms with van der Waals surface area (Å²) in [5.41, 5.74) is 9.49. The minimum atomic E-state index is -0.551. The van der Waals surface area contributed by atoms with Crippen molar-refractivity contribution in [1.29, 1.82) is 0 Å². The van der Waals surface area contributed by atoms with Crippen molar-refractivity contribution in [3.8, 4) is 11.1 Å². The van der Waals surface area contributed by atoms with Crippen LogP contribution in [0.1, 0.15) is 34.8 Å². The molecule has 1 fully saturated rings. The SMILES string of the molecule is CN(CC(=O)CNC(CN1CCCC1)c1ccc(-c2ccc(C(N)=O)c(Cl)c2)cc1)c1ccc(Cl)c(Cl)c1. The maximum Gasteiger partial charge on any atom is 0.250 e. The number of carbonyl (C=O) groups excluding carboxylic acids is 2. The van der Waals surface area contributed by atoms with Crippen LogP contribution in [0, 0.1) is 0 Å². The molecule has 38 heavy (non-hydrogen) atoms. The van der Waals surface area contributed by atoms with Crippen LogP contribution in [-0.4, -0.2) is 56.4 Å². The van der Waals surface area contributed by atoms with E-state index in [4.69, 9.17) is 40.5 Å². The summed E-state index contributed by atoms with van der Waals surface area (Å²) in [5, 5.41) is 4.77. The maximum absolute atomic E-state index is 12.9. The Morgan fingerprint density at radius 1 is 0.921 bits per heavy atom. The summed E-state index contributed by atoms with van der Waals surface area (Å²) in [5.74, 6) is -0.476. The highest BCUT2D eigenvalue weighted by atomic mass is 35.5. The van der Waals surface area contributed by atoms with E-state index in [9.17, 15) is 9.59 Å². The fraction of sp³-hybridized carbons (Fsp3) is 0.310. The highest BCUT2D eigenvalue weighted by Crippen LogP contribution is 2.28. The number of benzene rings is 3. The van der Waals surface area contributed by atoms with E-state index in [2.05, 4.69) is 22.3 Å². The molecule has 1 amide bonds. The third-order valence-corrected chi connectivity index (χ3v) is 7.88. The van der Waals surface area contributed by atoms with Gasteiger partial charge in [0.2, 0.25) is 5.91 Å². The van der Waals surface area contributed by atoms with E-state index in [0.717, 1.165) is 42.0 Å². The first-order valence-electron chi connectivity index (χ1n) is 12.5. The molecule has 0 saturated carbocycles. The summed E-state index contributed by atoms with van der Waals surface area (Å²) >= 11 is 18.4. The Kier molecular flexibility index (Phi) is 9.69. The predicted octanol–water partition coefficient (Wildman–Crippen LogP) is 5.84. The Morgan fingerprint density at radius 3 is 2.24 bits per heavy atom. The zero-order chi connectivity index (χ0) is 27.2. The number of ketones is 1. The molecule has 0 radical (unpaired) electrons. The van der Waals surface area contributed by atoms with Crippen LogP contribution in [0.5, 0.6) is 0 Å². The quantitative estimate of drug-likeness (QED) is 0.301. The topological polar surface area (TPSA) is 78.7 Å². The third kappa shape index (κ3) is 7.28. The molecule has 3 N–H and O–H groups in total. The molecule has 0 spiro atoms. The summed E-state index contributed by atoms with van der Waals surface area (Å²) in [7, 11) is 1.86. The molecule has 6 nitrogen and oxygen atoms in total. The molecule has 0 bridgehead atoms. The number of anilines is 1. The lowest BCUT2D eigenvalue weighted by molar-refractivity contribution is -0.117. The van der Waals surface area contributed by atoms with Gasteiger partial charge in [-0.1, -0.05) is 65.1 Å². The fourth-order valence-corrected chi connectivity index (χ4v) is 5.25. The van der Waals surface area contributed by atoms with Crippen LogP contribution < -0.4 is 16.0 Å². The van der Waals surface area contributed by atoms with Crippen LogP contribution in [-0.2, 0) is 4.79 Å². The molecule has 1 heterocycles. The van der Waals surface area contributed by atoms with E-state index in [1.165, 1.54) is 12.8 Å². The Labute approximate surface area is 238 Å². The number of nitrogens with zero attached hydrogens (tertiary/aromatic N) is 2. The number of likely N-dealkylation sites (tertiary alicyclic amines) is 1. The van der Waals surface area contributed by atoms with Gasteiger partial charge in [0.1, 0.15) is 0 Å². The normalized spacial score (nSPS) is 14.4. The number of amides is 1. The Morgan fingerprint density at radius 2 is 1.61 bits per heavy atom. The van der Waals surface area contributed by atoms with Crippen LogP contribution in [0.3, 0.4) is 0 Å². The van der Waals surface area contributed by atoms with Gasteiger partial charge < -0.3 is 20.9 Å². The Hall–Kier alpha value is -2.61. The third-order valence-electron chi connectivity index (χ3n) is 6.82. The van der Waals surface area contributed by atoms with E-state index >= 15 is 0 Å². The molecule has 1 aliphatic heterocycles. The van der Waals surface area contributed by atoms with E-state index < -0.39 is 5.91 Å². The Bertz CT molecular complexity index is 1290. The zero-order valence-corrected chi connectivity index (χ0v) is 23.5. The highest BCUT2D eigenvalue weighted by Gasteiger charge is 2.20. The summed E-state index contributed by atoms with van der Waals surface area (Å²) in [6.07, 6.45) is 2.39. The lowest BCUT2D eigenvalue weighted by atomic mass is 9.99. The number of rotatable bonds is 11. The van der Waals surface area contributed by atoms with Crippen LogP contribution in [0.25, 0.3) is 11.1 Å². The molecule has 1 aliphatic rings. The summed E-state index contributed by atoms with van der Waals surface area (Å²) < 4.78 is 0. The molecule has 1 atom stereocenters. The lowest BCUT2D eigenvalue weighted by Crippen LogP contribution is -2.39. The number of Topliss-reactive ketones (excluding diaryl/α,β-unsaturated/α-hetero) is 1. The summed E-state index contributed by atoms with van der Waals surface area (Å²) in [6, 6.07) is 18.8. The van der Waals surface area contributed by atoms with Gasteiger partial charge >= 0.3 is 0 Å². The standard InChI is InChI=1S/C29H31Cl3N4O2/c1-35(22-9-11-25(30)27(32)15-22)17-23(37)16-34-28(18-36-12-2-3-13-36)20-6-4-19(5-7-20)21-8-10-24(29(33)38)26(31)14-21/h4-11,14-15,28,34H,2-3,12-13,16-18H2,1H3,(H2,33,38). The number of primary amides is 1. The highest BCUT2D eigenvalue weighted by molar-refractivity contribution is 6.42. The molecule has 1 saturated heterocycles. The molecule has 0 aliphatic carbocycles. The van der Waals surface area contributed by atoms with Crippen LogP contribution >= 0.6 is 34.8 Å². The average Bonchev–Trinajstić information content (AvgIpc) is 3.41. The van der Waals surface area contributed by atoms with Gasteiger partial charge in [0.05, 0.1) is 33.7 Å². The second-order valence-electron chi connectivity index (χ2n) is 9.62. The maximum atomic E-state index is 12.9. The van der Waals surface area contributed by atoms with Gasteiger partial charge in [-0.3, -0.25) is 9.59 Å². The van der Waals surface area contributed by atoms with Gasteiger partial charge in [-0.2, -0.15) is 0 Å². The predicted molar refractivity (Wildman–Crippen MR) is 157 cm³/mol. The van der Waals surface area contributed by atoms with Crippen molar-refractivity contribution in [2.24, 2.45) is 5.73 Å². The number of carbonyl (C=O) groups is 2. The second kappa shape index (κ2) is 13.0. The van der Waals surface area contributed by atoms with E-state index in [1.54, 1.807) is 24.3 Å². The van der Waals surface area contributed by atoms with Gasteiger partial charge in [-0.15, -0.1) is 0 Å². The van der Waals surface area contributed by atoms with Gasteiger partial charge in [-0.25, -0.2) is 0 Å². The smallest absolute Gasteiger partial charge is 0.250 e. The first kappa shape index (κ1) is 28.4. The van der Waals surface area contributed by atoms with Crippen LogP contribution in [0.2, 0.25) is 15.1 Å². The molecular formula is C29H31Cl3N4O2. The van der Waals surface area contributed by atoms with Crippen molar-refractivity contribution in [3.05, 3.63) is 86.9 Å². The molecule has 9 heteroatoms. The van der Waals surface area contributed by atoms with E-state index in [1.807, 2.05) is 36.2 Å². The minimum Gasteiger partial charge on any atom is -0.367 e. The number of halogens is 3. The zero-order valence-electron chi connectivity index (χ0n) is 21.2. The van der Waals surface area contributed by atoms with Gasteiger partial charge in [0.15, 0.2) is 5.78 Å². The average molecular weight is 574 g/mol. The molecule has 4 rings (SSSR count). The fourth-order valence-electron chi connectivity index (χ4n) is 4.68. The first-order chi connectivity index (χ1) is 18.2. The summed E-state index contributed by atoms with van der Waals surface area (Å²) in [4.78, 5) is 28.7. The number of nitrogens with one attached hydrogen (secondary N) is 1. The molecule has 3 aromatic rings. The van der Waals surface area contributed by atoms with Gasteiger partial charge in [0.25, 0.3) is 0 Å².